The average Bonchev–Trinajstić information content (AvgIpc) is 3.00. The molecule has 1 radical (unpaired) electrons. The molecule has 5 heteroatoms. The Hall–Kier alpha value is -1.17. The molecule has 2 aromatic rings. The van der Waals surface area contributed by atoms with Crippen LogP contribution in [0.2, 0.25) is 0 Å². The van der Waals surface area contributed by atoms with E-state index < -0.39 is 0 Å². The van der Waals surface area contributed by atoms with E-state index in [0.29, 0.717) is 0 Å². The molecule has 0 spiro atoms. The molecule has 2 nitrogen and oxygen atoms in total. The van der Waals surface area contributed by atoms with Crippen LogP contribution in [-0.4, -0.2) is 14.2 Å². The van der Waals surface area contributed by atoms with Crippen LogP contribution in [-0.2, 0) is 0 Å². The first-order valence-corrected chi connectivity index (χ1v) is 7.10. The molecule has 0 N–H and O–H groups in total. The minimum absolute atomic E-state index is 0.830. The summed E-state index contributed by atoms with van der Waals surface area (Å²) in [5.74, 6) is 0. The Morgan fingerprint density at radius 3 is 3.12 bits per heavy atom. The monoisotopic (exact) mass is 275 g/mol. The van der Waals surface area contributed by atoms with Crippen LogP contribution in [0.4, 0.5) is 0 Å². The zero-order valence-electron chi connectivity index (χ0n) is 8.71. The molecule has 17 heavy (non-hydrogen) atoms. The van der Waals surface area contributed by atoms with E-state index in [1.165, 1.54) is 11.5 Å². The van der Waals surface area contributed by atoms with Gasteiger partial charge in [0, 0.05) is 28.4 Å². The second-order valence-electron chi connectivity index (χ2n) is 3.47. The van der Waals surface area contributed by atoms with E-state index in [9.17, 15) is 0 Å². The number of hydrogen-bond donors (Lipinski definition) is 0. The maximum absolute atomic E-state index is 5.39. The van der Waals surface area contributed by atoms with Crippen LogP contribution in [0.5, 0.6) is 0 Å². The summed E-state index contributed by atoms with van der Waals surface area (Å²) in [7, 11) is 0. The second kappa shape index (κ2) is 4.60. The third kappa shape index (κ3) is 2.01. The lowest BCUT2D eigenvalue weighted by molar-refractivity contribution is 1.40. The van der Waals surface area contributed by atoms with Crippen molar-refractivity contribution in [1.29, 1.82) is 0 Å². The first-order valence-electron chi connectivity index (χ1n) is 5.04. The smallest absolute Gasteiger partial charge is 0.127 e. The van der Waals surface area contributed by atoms with Gasteiger partial charge < -0.3 is 0 Å². The number of thiazole rings is 1. The Balaban J connectivity index is 2.11. The summed E-state index contributed by atoms with van der Waals surface area (Å²) in [5.41, 5.74) is 2.06. The molecule has 3 rings (SSSR count). The van der Waals surface area contributed by atoms with E-state index in [0.717, 1.165) is 32.3 Å². The van der Waals surface area contributed by atoms with Gasteiger partial charge in [-0.15, -0.1) is 11.3 Å². The standard InChI is InChI=1S/C12H7N2S3/c15-10-4-2-1-3-8(10)11-9(7-14-17-11)12-13-5-6-16-12/h1-3,5-6H,4H2. The molecule has 1 aliphatic carbocycles. The zero-order valence-corrected chi connectivity index (χ0v) is 11.2. The minimum atomic E-state index is 0.830. The lowest BCUT2D eigenvalue weighted by Gasteiger charge is -2.09. The molecule has 0 aliphatic heterocycles. The first kappa shape index (κ1) is 11.0. The van der Waals surface area contributed by atoms with Crippen molar-refractivity contribution < 1.29 is 0 Å². The highest BCUT2D eigenvalue weighted by atomic mass is 32.1. The van der Waals surface area contributed by atoms with Crippen LogP contribution in [0, 0.1) is 6.20 Å². The highest BCUT2D eigenvalue weighted by Crippen LogP contribution is 2.34. The van der Waals surface area contributed by atoms with Gasteiger partial charge in [0.2, 0.25) is 0 Å². The number of hydrogen-bond acceptors (Lipinski definition) is 5. The summed E-state index contributed by atoms with van der Waals surface area (Å²) >= 11 is 8.42. The van der Waals surface area contributed by atoms with Crippen molar-refractivity contribution in [1.82, 2.24) is 9.36 Å². The molecule has 0 amide bonds. The fourth-order valence-corrected chi connectivity index (χ4v) is 3.42. The van der Waals surface area contributed by atoms with Crippen LogP contribution >= 0.6 is 35.1 Å². The van der Waals surface area contributed by atoms with Crippen molar-refractivity contribution in [2.24, 2.45) is 0 Å². The predicted octanol–water partition coefficient (Wildman–Crippen LogP) is 3.78. The van der Waals surface area contributed by atoms with Gasteiger partial charge in [-0.3, -0.25) is 0 Å². The fourth-order valence-electron chi connectivity index (χ4n) is 1.63. The molecule has 0 bridgehead atoms. The Kier molecular flexibility index (Phi) is 2.96. The van der Waals surface area contributed by atoms with E-state index >= 15 is 0 Å². The van der Waals surface area contributed by atoms with Gasteiger partial charge in [0.25, 0.3) is 0 Å². The molecule has 2 aromatic heterocycles. The number of rotatable bonds is 2. The molecule has 0 saturated carbocycles. The molecule has 0 atom stereocenters. The van der Waals surface area contributed by atoms with Crippen LogP contribution in [0.15, 0.2) is 29.8 Å². The Morgan fingerprint density at radius 1 is 1.41 bits per heavy atom. The summed E-state index contributed by atoms with van der Waals surface area (Å²) in [6.45, 7) is 0. The Morgan fingerprint density at radius 2 is 2.35 bits per heavy atom. The van der Waals surface area contributed by atoms with Gasteiger partial charge in [-0.2, -0.15) is 4.37 Å². The normalized spacial score (nSPS) is 15.1. The lowest BCUT2D eigenvalue weighted by Crippen LogP contribution is -1.99. The number of allylic oxidation sites excluding steroid dienone is 4. The number of aromatic nitrogens is 2. The van der Waals surface area contributed by atoms with E-state index in [4.69, 9.17) is 12.2 Å². The second-order valence-corrected chi connectivity index (χ2v) is 5.63. The lowest BCUT2D eigenvalue weighted by atomic mass is 10.0. The topological polar surface area (TPSA) is 25.8 Å². The summed E-state index contributed by atoms with van der Waals surface area (Å²) < 4.78 is 4.15. The van der Waals surface area contributed by atoms with Gasteiger partial charge in [0.1, 0.15) is 11.2 Å². The van der Waals surface area contributed by atoms with Crippen molar-refractivity contribution in [3.63, 3.8) is 0 Å². The van der Waals surface area contributed by atoms with Gasteiger partial charge in [-0.05, 0) is 11.5 Å². The van der Waals surface area contributed by atoms with E-state index in [1.54, 1.807) is 17.5 Å². The van der Waals surface area contributed by atoms with Gasteiger partial charge in [-0.1, -0.05) is 30.4 Å². The third-order valence-corrected chi connectivity index (χ3v) is 4.38. The molecule has 0 unspecified atom stereocenters. The van der Waals surface area contributed by atoms with Crippen molar-refractivity contribution >= 4 is 45.5 Å². The molecule has 83 valence electrons. The van der Waals surface area contributed by atoms with Crippen LogP contribution in [0.3, 0.4) is 0 Å². The Bertz CT molecular complexity index is 605. The minimum Gasteiger partial charge on any atom is -0.244 e. The van der Waals surface area contributed by atoms with Gasteiger partial charge in [0.05, 0.1) is 10.4 Å². The number of nitrogens with zero attached hydrogens (tertiary/aromatic N) is 2. The quantitative estimate of drug-likeness (QED) is 0.780. The highest BCUT2D eigenvalue weighted by Gasteiger charge is 2.18. The van der Waals surface area contributed by atoms with E-state index in [-0.39, 0.29) is 0 Å². The maximum atomic E-state index is 5.39. The van der Waals surface area contributed by atoms with Gasteiger partial charge in [0.15, 0.2) is 0 Å². The SMILES string of the molecule is S=C1CC=CC=C1c1sn[c]c1-c1nccs1. The average molecular weight is 275 g/mol. The zero-order chi connectivity index (χ0) is 11.7. The highest BCUT2D eigenvalue weighted by molar-refractivity contribution is 7.81. The summed E-state index contributed by atoms with van der Waals surface area (Å²) in [6.07, 6.45) is 11.8. The van der Waals surface area contributed by atoms with Crippen LogP contribution < -0.4 is 0 Å². The Labute approximate surface area is 113 Å². The molecule has 1 aliphatic rings. The van der Waals surface area contributed by atoms with E-state index in [2.05, 4.69) is 21.6 Å². The molecular weight excluding hydrogens is 268 g/mol. The van der Waals surface area contributed by atoms with Crippen molar-refractivity contribution in [3.8, 4) is 10.6 Å². The first-order chi connectivity index (χ1) is 8.36. The molecule has 2 heterocycles. The van der Waals surface area contributed by atoms with Gasteiger partial charge in [-0.25, -0.2) is 4.98 Å². The van der Waals surface area contributed by atoms with Crippen molar-refractivity contribution in [3.05, 3.63) is 40.9 Å². The maximum Gasteiger partial charge on any atom is 0.127 e. The van der Waals surface area contributed by atoms with Crippen LogP contribution in [0.1, 0.15) is 11.3 Å². The van der Waals surface area contributed by atoms with Gasteiger partial charge >= 0.3 is 0 Å². The number of thiocarbonyl (C=S) groups is 1. The summed E-state index contributed by atoms with van der Waals surface area (Å²) in [4.78, 5) is 6.34. The van der Waals surface area contributed by atoms with Crippen molar-refractivity contribution in [2.75, 3.05) is 0 Å². The molecular formula is C12H7N2S3. The largest absolute Gasteiger partial charge is 0.244 e. The van der Waals surface area contributed by atoms with E-state index in [1.807, 2.05) is 17.5 Å². The summed E-state index contributed by atoms with van der Waals surface area (Å²) in [5, 5.41) is 2.91. The van der Waals surface area contributed by atoms with Crippen molar-refractivity contribution in [2.45, 2.75) is 6.42 Å². The molecule has 0 fully saturated rings. The summed E-state index contributed by atoms with van der Waals surface area (Å²) in [6, 6.07) is 0. The van der Waals surface area contributed by atoms with Crippen LogP contribution in [0.25, 0.3) is 16.1 Å². The molecule has 0 saturated heterocycles. The third-order valence-electron chi connectivity index (χ3n) is 2.41. The molecule has 0 aromatic carbocycles. The predicted molar refractivity (Wildman–Crippen MR) is 76.4 cm³/mol. The fraction of sp³-hybridized carbons (Fsp3) is 0.0833.